The van der Waals surface area contributed by atoms with Gasteiger partial charge in [0.25, 0.3) is 0 Å². The Kier molecular flexibility index (Phi) is 1.40. The van der Waals surface area contributed by atoms with E-state index in [-0.39, 0.29) is 11.5 Å². The Labute approximate surface area is 69.0 Å². The highest BCUT2D eigenvalue weighted by Gasteiger charge is 2.30. The summed E-state index contributed by atoms with van der Waals surface area (Å²) < 4.78 is 18.0. The Morgan fingerprint density at radius 1 is 1.50 bits per heavy atom. The van der Waals surface area contributed by atoms with Crippen molar-refractivity contribution in [3.8, 4) is 5.75 Å². The molecule has 1 atom stereocenters. The molecular weight excluding hydrogens is 159 g/mol. The van der Waals surface area contributed by atoms with Gasteiger partial charge in [0, 0.05) is 0 Å². The van der Waals surface area contributed by atoms with Gasteiger partial charge in [-0.15, -0.1) is 0 Å². The van der Waals surface area contributed by atoms with Crippen molar-refractivity contribution in [2.75, 3.05) is 0 Å². The first-order valence-electron chi connectivity index (χ1n) is 3.69. The zero-order chi connectivity index (χ0) is 8.72. The number of ether oxygens (including phenoxy) is 1. The topological polar surface area (TPSA) is 26.3 Å². The second-order valence-electron chi connectivity index (χ2n) is 2.74. The third-order valence-electron chi connectivity index (χ3n) is 1.90. The number of benzene rings is 1. The molecule has 12 heavy (non-hydrogen) atoms. The minimum Gasteiger partial charge on any atom is -0.479 e. The largest absolute Gasteiger partial charge is 0.479 e. The maximum Gasteiger partial charge on any atom is 0.206 e. The number of rotatable bonds is 0. The highest BCUT2D eigenvalue weighted by molar-refractivity contribution is 6.04. The van der Waals surface area contributed by atoms with Crippen LogP contribution in [-0.2, 0) is 0 Å². The van der Waals surface area contributed by atoms with Gasteiger partial charge in [-0.05, 0) is 19.1 Å². The molecular formula is C9H7FO2. The summed E-state index contributed by atoms with van der Waals surface area (Å²) in [7, 11) is 0. The smallest absolute Gasteiger partial charge is 0.206 e. The van der Waals surface area contributed by atoms with Crippen LogP contribution in [0.25, 0.3) is 0 Å². The molecule has 0 spiro atoms. The standard InChI is InChI=1S/C9H7FO2/c1-5-8(11)6-3-2-4-7(10)9(6)12-5/h2-5H,1H3. The maximum absolute atomic E-state index is 13.0. The summed E-state index contributed by atoms with van der Waals surface area (Å²) in [6.07, 6.45) is -0.545. The lowest BCUT2D eigenvalue weighted by Gasteiger charge is -2.00. The van der Waals surface area contributed by atoms with Crippen LogP contribution in [0.2, 0.25) is 0 Å². The Hall–Kier alpha value is -1.38. The Morgan fingerprint density at radius 2 is 2.25 bits per heavy atom. The fraction of sp³-hybridized carbons (Fsp3) is 0.222. The highest BCUT2D eigenvalue weighted by Crippen LogP contribution is 2.30. The van der Waals surface area contributed by atoms with Crippen LogP contribution < -0.4 is 4.74 Å². The molecule has 1 heterocycles. The van der Waals surface area contributed by atoms with E-state index >= 15 is 0 Å². The molecule has 2 nitrogen and oxygen atoms in total. The molecule has 1 unspecified atom stereocenters. The average molecular weight is 166 g/mol. The number of fused-ring (bicyclic) bond motifs is 1. The molecule has 1 aromatic carbocycles. The van der Waals surface area contributed by atoms with Crippen molar-refractivity contribution < 1.29 is 13.9 Å². The zero-order valence-electron chi connectivity index (χ0n) is 6.50. The van der Waals surface area contributed by atoms with Crippen LogP contribution in [0.3, 0.4) is 0 Å². The SMILES string of the molecule is CC1Oc2c(F)cccc2C1=O. The van der Waals surface area contributed by atoms with Gasteiger partial charge in [0.1, 0.15) is 0 Å². The molecule has 3 heteroatoms. The van der Waals surface area contributed by atoms with Crippen LogP contribution in [-0.4, -0.2) is 11.9 Å². The molecule has 0 aliphatic carbocycles. The molecule has 0 saturated carbocycles. The van der Waals surface area contributed by atoms with E-state index in [0.717, 1.165) is 0 Å². The lowest BCUT2D eigenvalue weighted by atomic mass is 10.1. The highest BCUT2D eigenvalue weighted by atomic mass is 19.1. The molecule has 0 amide bonds. The van der Waals surface area contributed by atoms with Crippen LogP contribution >= 0.6 is 0 Å². The van der Waals surface area contributed by atoms with E-state index in [1.54, 1.807) is 13.0 Å². The van der Waals surface area contributed by atoms with Crippen LogP contribution in [0.15, 0.2) is 18.2 Å². The Morgan fingerprint density at radius 3 is 2.92 bits per heavy atom. The van der Waals surface area contributed by atoms with Gasteiger partial charge in [-0.3, -0.25) is 4.79 Å². The van der Waals surface area contributed by atoms with Gasteiger partial charge in [0.15, 0.2) is 17.7 Å². The van der Waals surface area contributed by atoms with Crippen LogP contribution in [0.5, 0.6) is 5.75 Å². The monoisotopic (exact) mass is 166 g/mol. The molecule has 1 aliphatic heterocycles. The minimum absolute atomic E-state index is 0.0926. The molecule has 2 rings (SSSR count). The maximum atomic E-state index is 13.0. The van der Waals surface area contributed by atoms with Gasteiger partial charge in [-0.2, -0.15) is 0 Å². The van der Waals surface area contributed by atoms with Gasteiger partial charge in [-0.25, -0.2) is 4.39 Å². The molecule has 0 saturated heterocycles. The van der Waals surface area contributed by atoms with Gasteiger partial charge in [-0.1, -0.05) is 6.07 Å². The molecule has 1 aromatic rings. The van der Waals surface area contributed by atoms with Crippen LogP contribution in [0.4, 0.5) is 4.39 Å². The third-order valence-corrected chi connectivity index (χ3v) is 1.90. The summed E-state index contributed by atoms with van der Waals surface area (Å²) in [5, 5.41) is 0. The van der Waals surface area contributed by atoms with Crippen molar-refractivity contribution in [2.45, 2.75) is 13.0 Å². The summed E-state index contributed by atoms with van der Waals surface area (Å²) in [4.78, 5) is 11.3. The van der Waals surface area contributed by atoms with Crippen molar-refractivity contribution in [2.24, 2.45) is 0 Å². The quantitative estimate of drug-likeness (QED) is 0.587. The van der Waals surface area contributed by atoms with E-state index < -0.39 is 11.9 Å². The van der Waals surface area contributed by atoms with Crippen LogP contribution in [0, 0.1) is 5.82 Å². The summed E-state index contributed by atoms with van der Waals surface area (Å²) in [6.45, 7) is 1.61. The first kappa shape index (κ1) is 7.28. The lowest BCUT2D eigenvalue weighted by Crippen LogP contribution is -2.14. The number of carbonyl (C=O) groups excluding carboxylic acids is 1. The van der Waals surface area contributed by atoms with Crippen molar-refractivity contribution in [3.05, 3.63) is 29.6 Å². The summed E-state index contributed by atoms with van der Waals surface area (Å²) >= 11 is 0. The predicted octanol–water partition coefficient (Wildman–Crippen LogP) is 1.79. The number of para-hydroxylation sites is 1. The fourth-order valence-electron chi connectivity index (χ4n) is 1.27. The van der Waals surface area contributed by atoms with Crippen molar-refractivity contribution >= 4 is 5.78 Å². The van der Waals surface area contributed by atoms with E-state index in [1.165, 1.54) is 12.1 Å². The number of hydrogen-bond acceptors (Lipinski definition) is 2. The lowest BCUT2D eigenvalue weighted by molar-refractivity contribution is 0.0876. The summed E-state index contributed by atoms with van der Waals surface area (Å²) in [5.41, 5.74) is 0.350. The Bertz CT molecular complexity index is 346. The van der Waals surface area contributed by atoms with E-state index in [4.69, 9.17) is 4.74 Å². The van der Waals surface area contributed by atoms with Gasteiger partial charge >= 0.3 is 0 Å². The normalized spacial score (nSPS) is 20.5. The van der Waals surface area contributed by atoms with E-state index in [2.05, 4.69) is 0 Å². The number of ketones is 1. The van der Waals surface area contributed by atoms with Crippen molar-refractivity contribution in [1.82, 2.24) is 0 Å². The molecule has 0 N–H and O–H groups in total. The average Bonchev–Trinajstić information content (AvgIpc) is 2.32. The number of hydrogen-bond donors (Lipinski definition) is 0. The second kappa shape index (κ2) is 2.30. The molecule has 0 bridgehead atoms. The molecule has 0 fully saturated rings. The van der Waals surface area contributed by atoms with Gasteiger partial charge in [0.2, 0.25) is 5.78 Å². The fourth-order valence-corrected chi connectivity index (χ4v) is 1.27. The molecule has 62 valence electrons. The first-order chi connectivity index (χ1) is 5.70. The van der Waals surface area contributed by atoms with Crippen LogP contribution in [0.1, 0.15) is 17.3 Å². The van der Waals surface area contributed by atoms with E-state index in [9.17, 15) is 9.18 Å². The summed E-state index contributed by atoms with van der Waals surface area (Å²) in [6, 6.07) is 4.36. The van der Waals surface area contributed by atoms with Crippen molar-refractivity contribution in [3.63, 3.8) is 0 Å². The Balaban J connectivity index is 2.61. The van der Waals surface area contributed by atoms with Gasteiger partial charge in [0.05, 0.1) is 5.56 Å². The number of halogens is 1. The summed E-state index contributed by atoms with van der Waals surface area (Å²) in [5.74, 6) is -0.523. The number of Topliss-reactive ketones (excluding diaryl/α,β-unsaturated/α-hetero) is 1. The zero-order valence-corrected chi connectivity index (χ0v) is 6.50. The van der Waals surface area contributed by atoms with Gasteiger partial charge < -0.3 is 4.74 Å². The van der Waals surface area contributed by atoms with E-state index in [1.807, 2.05) is 0 Å². The van der Waals surface area contributed by atoms with Crippen molar-refractivity contribution in [1.29, 1.82) is 0 Å². The third kappa shape index (κ3) is 0.826. The first-order valence-corrected chi connectivity index (χ1v) is 3.69. The number of carbonyl (C=O) groups is 1. The molecule has 1 aliphatic rings. The second-order valence-corrected chi connectivity index (χ2v) is 2.74. The molecule has 0 aromatic heterocycles. The predicted molar refractivity (Wildman–Crippen MR) is 40.8 cm³/mol. The van der Waals surface area contributed by atoms with E-state index in [0.29, 0.717) is 5.56 Å². The molecule has 0 radical (unpaired) electrons. The minimum atomic E-state index is -0.545.